The number of ether oxygens (including phenoxy) is 3. The summed E-state index contributed by atoms with van der Waals surface area (Å²) in [4.78, 5) is 4.72. The van der Waals surface area contributed by atoms with Gasteiger partial charge in [0.1, 0.15) is 5.82 Å². The lowest BCUT2D eigenvalue weighted by atomic mass is 10.2. The number of methoxy groups -OCH3 is 3. The highest BCUT2D eigenvalue weighted by Crippen LogP contribution is 2.39. The fourth-order valence-corrected chi connectivity index (χ4v) is 2.95. The molecule has 0 spiro atoms. The number of nitrogens with one attached hydrogen (secondary N) is 2. The molecule has 0 aliphatic rings. The van der Waals surface area contributed by atoms with Gasteiger partial charge in [-0.2, -0.15) is 0 Å². The lowest BCUT2D eigenvalue weighted by molar-refractivity contribution is 0.324. The van der Waals surface area contributed by atoms with Crippen molar-refractivity contribution in [1.29, 1.82) is 0 Å². The molecule has 3 rings (SSSR count). The molecule has 10 heteroatoms. The van der Waals surface area contributed by atoms with E-state index in [2.05, 4.69) is 20.8 Å². The van der Waals surface area contributed by atoms with Crippen molar-refractivity contribution in [3.8, 4) is 17.2 Å². The van der Waals surface area contributed by atoms with E-state index in [9.17, 15) is 0 Å². The average Bonchev–Trinajstić information content (AvgIpc) is 3.12. The molecule has 0 bridgehead atoms. The number of hydrogen-bond donors (Lipinski definition) is 2. The molecule has 0 aliphatic carbocycles. The zero-order chi connectivity index (χ0) is 22.2. The molecule has 1 heterocycles. The molecule has 1 aromatic heterocycles. The molecule has 0 atom stereocenters. The molecule has 0 saturated carbocycles. The minimum Gasteiger partial charge on any atom is -0.493 e. The fourth-order valence-electron chi connectivity index (χ4n) is 2.95. The Balaban J connectivity index is 0.00000363. The lowest BCUT2D eigenvalue weighted by Gasteiger charge is -2.17. The van der Waals surface area contributed by atoms with Crippen molar-refractivity contribution >= 4 is 35.6 Å². The Bertz CT molecular complexity index is 1010. The van der Waals surface area contributed by atoms with Crippen LogP contribution < -0.4 is 24.8 Å². The molecule has 3 aromatic rings. The molecule has 172 valence electrons. The number of hydrogen-bond acceptors (Lipinski definition) is 6. The number of aromatic nitrogens is 3. The Morgan fingerprint density at radius 2 is 1.66 bits per heavy atom. The highest BCUT2D eigenvalue weighted by Gasteiger charge is 2.14. The minimum atomic E-state index is 0. The summed E-state index contributed by atoms with van der Waals surface area (Å²) in [6.45, 7) is 2.88. The van der Waals surface area contributed by atoms with E-state index in [1.54, 1.807) is 21.3 Å². The second-order valence-corrected chi connectivity index (χ2v) is 6.77. The van der Waals surface area contributed by atoms with E-state index in [1.165, 1.54) is 0 Å². The van der Waals surface area contributed by atoms with Gasteiger partial charge in [0, 0.05) is 24.9 Å². The maximum absolute atomic E-state index is 5.45. The SMILES string of the molecule is COc1cc(NC(=NCc2ccccc2)NCc2nnc(C)n2C)cc(OC)c1OC.I. The highest BCUT2D eigenvalue weighted by atomic mass is 127. The molecular formula is C22H29IN6O3. The van der Waals surface area contributed by atoms with Gasteiger partial charge >= 0.3 is 0 Å². The average molecular weight is 552 g/mol. The van der Waals surface area contributed by atoms with Crippen molar-refractivity contribution in [2.75, 3.05) is 26.6 Å². The molecule has 32 heavy (non-hydrogen) atoms. The predicted octanol–water partition coefficient (Wildman–Crippen LogP) is 3.53. The van der Waals surface area contributed by atoms with Crippen LogP contribution in [-0.4, -0.2) is 42.1 Å². The number of guanidine groups is 1. The van der Waals surface area contributed by atoms with Crippen molar-refractivity contribution in [1.82, 2.24) is 20.1 Å². The van der Waals surface area contributed by atoms with Crippen LogP contribution in [0.2, 0.25) is 0 Å². The van der Waals surface area contributed by atoms with E-state index < -0.39 is 0 Å². The maximum Gasteiger partial charge on any atom is 0.203 e. The van der Waals surface area contributed by atoms with E-state index in [0.717, 1.165) is 22.9 Å². The number of halogens is 1. The Hall–Kier alpha value is -3.02. The summed E-state index contributed by atoms with van der Waals surface area (Å²) in [7, 11) is 6.67. The van der Waals surface area contributed by atoms with Crippen molar-refractivity contribution < 1.29 is 14.2 Å². The van der Waals surface area contributed by atoms with Crippen molar-refractivity contribution in [3.05, 3.63) is 59.7 Å². The van der Waals surface area contributed by atoms with Gasteiger partial charge in [-0.25, -0.2) is 4.99 Å². The second-order valence-electron chi connectivity index (χ2n) is 6.77. The molecule has 0 aliphatic heterocycles. The number of rotatable bonds is 8. The van der Waals surface area contributed by atoms with Gasteiger partial charge in [-0.05, 0) is 12.5 Å². The molecule has 9 nitrogen and oxygen atoms in total. The van der Waals surface area contributed by atoms with Crippen LogP contribution in [0.25, 0.3) is 0 Å². The van der Waals surface area contributed by atoms with Crippen LogP contribution in [-0.2, 0) is 20.1 Å². The van der Waals surface area contributed by atoms with Gasteiger partial charge < -0.3 is 29.4 Å². The molecule has 2 aromatic carbocycles. The van der Waals surface area contributed by atoms with E-state index in [4.69, 9.17) is 19.2 Å². The minimum absolute atomic E-state index is 0. The van der Waals surface area contributed by atoms with Crippen LogP contribution >= 0.6 is 24.0 Å². The second kappa shape index (κ2) is 12.1. The van der Waals surface area contributed by atoms with Crippen molar-refractivity contribution in [2.24, 2.45) is 12.0 Å². The van der Waals surface area contributed by atoms with Gasteiger partial charge in [0.15, 0.2) is 23.3 Å². The van der Waals surface area contributed by atoms with Crippen LogP contribution in [0.4, 0.5) is 5.69 Å². The number of anilines is 1. The van der Waals surface area contributed by atoms with Crippen LogP contribution in [0.3, 0.4) is 0 Å². The zero-order valence-electron chi connectivity index (χ0n) is 18.9. The quantitative estimate of drug-likeness (QED) is 0.251. The fraction of sp³-hybridized carbons (Fsp3) is 0.318. The van der Waals surface area contributed by atoms with Crippen molar-refractivity contribution in [3.63, 3.8) is 0 Å². The summed E-state index contributed by atoms with van der Waals surface area (Å²) in [6.07, 6.45) is 0. The Kier molecular flexibility index (Phi) is 9.57. The first-order chi connectivity index (χ1) is 15.0. The number of benzene rings is 2. The standard InChI is InChI=1S/C22H28N6O3.HI/c1-15-26-27-20(28(15)2)14-24-22(23-13-16-9-7-6-8-10-16)25-17-11-18(29-3)21(31-5)19(12-17)30-4;/h6-12H,13-14H2,1-5H3,(H2,23,24,25);1H. The Morgan fingerprint density at radius 1 is 1.00 bits per heavy atom. The van der Waals surface area contributed by atoms with Crippen LogP contribution in [0.5, 0.6) is 17.2 Å². The van der Waals surface area contributed by atoms with Crippen LogP contribution in [0.1, 0.15) is 17.2 Å². The third-order valence-corrected chi connectivity index (χ3v) is 4.79. The van der Waals surface area contributed by atoms with Gasteiger partial charge in [-0.15, -0.1) is 34.2 Å². The summed E-state index contributed by atoms with van der Waals surface area (Å²) in [6, 6.07) is 13.7. The first-order valence-electron chi connectivity index (χ1n) is 9.79. The Morgan fingerprint density at radius 3 is 2.19 bits per heavy atom. The molecule has 0 fully saturated rings. The largest absolute Gasteiger partial charge is 0.493 e. The number of aryl methyl sites for hydroxylation is 1. The molecule has 0 unspecified atom stereocenters. The molecule has 0 amide bonds. The predicted molar refractivity (Wildman–Crippen MR) is 135 cm³/mol. The smallest absolute Gasteiger partial charge is 0.203 e. The van der Waals surface area contributed by atoms with Gasteiger partial charge in [0.25, 0.3) is 0 Å². The maximum atomic E-state index is 5.45. The third kappa shape index (κ3) is 6.25. The monoisotopic (exact) mass is 552 g/mol. The summed E-state index contributed by atoms with van der Waals surface area (Å²) in [5, 5.41) is 14.9. The first-order valence-corrected chi connectivity index (χ1v) is 9.79. The molecular weight excluding hydrogens is 523 g/mol. The number of nitrogens with zero attached hydrogens (tertiary/aromatic N) is 4. The lowest BCUT2D eigenvalue weighted by Crippen LogP contribution is -2.31. The highest BCUT2D eigenvalue weighted by molar-refractivity contribution is 14.0. The van der Waals surface area contributed by atoms with Gasteiger partial charge in [-0.3, -0.25) is 0 Å². The molecule has 0 radical (unpaired) electrons. The summed E-state index contributed by atoms with van der Waals surface area (Å²) >= 11 is 0. The van der Waals surface area contributed by atoms with E-state index >= 15 is 0 Å². The normalized spacial score (nSPS) is 10.8. The van der Waals surface area contributed by atoms with Gasteiger partial charge in [0.05, 0.1) is 34.4 Å². The van der Waals surface area contributed by atoms with Gasteiger partial charge in [-0.1, -0.05) is 30.3 Å². The third-order valence-electron chi connectivity index (χ3n) is 4.79. The zero-order valence-corrected chi connectivity index (χ0v) is 21.2. The topological polar surface area (TPSA) is 94.8 Å². The van der Waals surface area contributed by atoms with E-state index in [-0.39, 0.29) is 24.0 Å². The van der Waals surface area contributed by atoms with Gasteiger partial charge in [0.2, 0.25) is 5.75 Å². The summed E-state index contributed by atoms with van der Waals surface area (Å²) in [5.74, 6) is 3.86. The number of aliphatic imine (C=N–C) groups is 1. The van der Waals surface area contributed by atoms with E-state index in [0.29, 0.717) is 36.3 Å². The van der Waals surface area contributed by atoms with Crippen LogP contribution in [0.15, 0.2) is 47.5 Å². The van der Waals surface area contributed by atoms with Crippen LogP contribution in [0, 0.1) is 6.92 Å². The first kappa shape index (κ1) is 25.2. The van der Waals surface area contributed by atoms with Crippen molar-refractivity contribution in [2.45, 2.75) is 20.0 Å². The Labute approximate surface area is 205 Å². The van der Waals surface area contributed by atoms with E-state index in [1.807, 2.05) is 61.0 Å². The molecule has 2 N–H and O–H groups in total. The summed E-state index contributed by atoms with van der Waals surface area (Å²) < 4.78 is 18.2. The molecule has 0 saturated heterocycles. The summed E-state index contributed by atoms with van der Waals surface area (Å²) in [5.41, 5.74) is 1.84.